The molecule has 1 unspecified atom stereocenters. The molecule has 1 aromatic heterocycles. The van der Waals surface area contributed by atoms with Crippen LogP contribution >= 0.6 is 11.6 Å². The number of halogens is 1. The third-order valence-corrected chi connectivity index (χ3v) is 4.62. The minimum atomic E-state index is -0.832. The lowest BCUT2D eigenvalue weighted by Crippen LogP contribution is -2.50. The standard InChI is InChI=1S/C17H18ClNO3/c18-13-6-4-12(5-7-13)17(8-2-9-17)16(21)19-11-14(20)15-3-1-10-22-15/h1,3-7,10,14,20H,2,8-9,11H2,(H,19,21). The van der Waals surface area contributed by atoms with Gasteiger partial charge in [-0.2, -0.15) is 0 Å². The molecule has 4 nitrogen and oxygen atoms in total. The molecule has 1 fully saturated rings. The van der Waals surface area contributed by atoms with Gasteiger partial charge in [0, 0.05) is 5.02 Å². The maximum atomic E-state index is 12.6. The van der Waals surface area contributed by atoms with Crippen molar-refractivity contribution >= 4 is 17.5 Å². The second-order valence-corrected chi connectivity index (χ2v) is 6.12. The highest BCUT2D eigenvalue weighted by Gasteiger charge is 2.45. The fourth-order valence-corrected chi connectivity index (χ4v) is 3.01. The van der Waals surface area contributed by atoms with E-state index in [0.29, 0.717) is 10.8 Å². The number of nitrogens with one attached hydrogen (secondary N) is 1. The molecule has 22 heavy (non-hydrogen) atoms. The summed E-state index contributed by atoms with van der Waals surface area (Å²) in [5.74, 6) is 0.404. The highest BCUT2D eigenvalue weighted by molar-refractivity contribution is 6.30. The summed E-state index contributed by atoms with van der Waals surface area (Å²) in [4.78, 5) is 12.6. The topological polar surface area (TPSA) is 62.5 Å². The quantitative estimate of drug-likeness (QED) is 0.889. The van der Waals surface area contributed by atoms with E-state index in [1.165, 1.54) is 6.26 Å². The van der Waals surface area contributed by atoms with Gasteiger partial charge in [0.05, 0.1) is 18.2 Å². The van der Waals surface area contributed by atoms with Gasteiger partial charge in [-0.25, -0.2) is 0 Å². The molecule has 0 radical (unpaired) electrons. The molecule has 2 N–H and O–H groups in total. The Balaban J connectivity index is 1.68. The molecule has 1 aromatic carbocycles. The zero-order valence-corrected chi connectivity index (χ0v) is 12.8. The van der Waals surface area contributed by atoms with Crippen LogP contribution in [0.1, 0.15) is 36.7 Å². The first-order valence-electron chi connectivity index (χ1n) is 7.38. The molecule has 1 atom stereocenters. The van der Waals surface area contributed by atoms with Crippen LogP contribution in [0.4, 0.5) is 0 Å². The smallest absolute Gasteiger partial charge is 0.230 e. The molecule has 3 rings (SSSR count). The minimum Gasteiger partial charge on any atom is -0.467 e. The van der Waals surface area contributed by atoms with Gasteiger partial charge in [0.25, 0.3) is 0 Å². The first-order chi connectivity index (χ1) is 10.6. The van der Waals surface area contributed by atoms with Crippen molar-refractivity contribution in [2.45, 2.75) is 30.8 Å². The summed E-state index contributed by atoms with van der Waals surface area (Å²) in [6, 6.07) is 10.8. The summed E-state index contributed by atoms with van der Waals surface area (Å²) in [6.45, 7) is 0.141. The van der Waals surface area contributed by atoms with Gasteiger partial charge < -0.3 is 14.8 Å². The van der Waals surface area contributed by atoms with Crippen molar-refractivity contribution in [2.75, 3.05) is 6.54 Å². The van der Waals surface area contributed by atoms with Crippen molar-refractivity contribution in [1.82, 2.24) is 5.32 Å². The number of furan rings is 1. The van der Waals surface area contributed by atoms with Crippen molar-refractivity contribution in [1.29, 1.82) is 0 Å². The van der Waals surface area contributed by atoms with Crippen LogP contribution in [0.3, 0.4) is 0 Å². The van der Waals surface area contributed by atoms with E-state index in [-0.39, 0.29) is 12.5 Å². The van der Waals surface area contributed by atoms with E-state index in [9.17, 15) is 9.90 Å². The maximum absolute atomic E-state index is 12.6. The molecular weight excluding hydrogens is 302 g/mol. The van der Waals surface area contributed by atoms with E-state index in [0.717, 1.165) is 24.8 Å². The molecule has 0 aliphatic heterocycles. The van der Waals surface area contributed by atoms with Gasteiger partial charge in [-0.15, -0.1) is 0 Å². The molecule has 2 aromatic rings. The molecule has 0 saturated heterocycles. The van der Waals surface area contributed by atoms with Crippen molar-refractivity contribution in [3.05, 3.63) is 59.0 Å². The summed E-state index contributed by atoms with van der Waals surface area (Å²) in [7, 11) is 0. The van der Waals surface area contributed by atoms with E-state index in [4.69, 9.17) is 16.0 Å². The molecule has 1 heterocycles. The molecule has 1 amide bonds. The van der Waals surface area contributed by atoms with Crippen molar-refractivity contribution in [3.8, 4) is 0 Å². The molecule has 1 saturated carbocycles. The van der Waals surface area contributed by atoms with Crippen LogP contribution in [0.5, 0.6) is 0 Å². The molecule has 116 valence electrons. The normalized spacial score (nSPS) is 17.5. The number of hydrogen-bond donors (Lipinski definition) is 2. The van der Waals surface area contributed by atoms with Crippen molar-refractivity contribution in [2.24, 2.45) is 0 Å². The summed E-state index contributed by atoms with van der Waals surface area (Å²) in [6.07, 6.45) is 3.33. The number of carbonyl (C=O) groups excluding carboxylic acids is 1. The predicted molar refractivity (Wildman–Crippen MR) is 83.7 cm³/mol. The lowest BCUT2D eigenvalue weighted by molar-refractivity contribution is -0.130. The summed E-state index contributed by atoms with van der Waals surface area (Å²) < 4.78 is 5.14. The minimum absolute atomic E-state index is 0.0494. The number of benzene rings is 1. The second kappa shape index (κ2) is 6.15. The predicted octanol–water partition coefficient (Wildman–Crippen LogP) is 3.20. The number of hydrogen-bond acceptors (Lipinski definition) is 3. The Labute approximate surface area is 134 Å². The Hall–Kier alpha value is -1.78. The van der Waals surface area contributed by atoms with Crippen molar-refractivity contribution in [3.63, 3.8) is 0 Å². The molecule has 1 aliphatic rings. The Morgan fingerprint density at radius 1 is 1.32 bits per heavy atom. The van der Waals surface area contributed by atoms with Crippen LogP contribution in [-0.2, 0) is 10.2 Å². The molecule has 1 aliphatic carbocycles. The third-order valence-electron chi connectivity index (χ3n) is 4.37. The lowest BCUT2D eigenvalue weighted by Gasteiger charge is -2.41. The lowest BCUT2D eigenvalue weighted by atomic mass is 9.64. The van der Waals surface area contributed by atoms with Crippen LogP contribution in [0.15, 0.2) is 47.1 Å². The summed E-state index contributed by atoms with van der Waals surface area (Å²) in [5.41, 5.74) is 0.487. The fourth-order valence-electron chi connectivity index (χ4n) is 2.89. The van der Waals surface area contributed by atoms with Crippen LogP contribution < -0.4 is 5.32 Å². The van der Waals surface area contributed by atoms with E-state index >= 15 is 0 Å². The Morgan fingerprint density at radius 3 is 2.59 bits per heavy atom. The van der Waals surface area contributed by atoms with Crippen molar-refractivity contribution < 1.29 is 14.3 Å². The third kappa shape index (κ3) is 2.76. The SMILES string of the molecule is O=C(NCC(O)c1ccco1)C1(c2ccc(Cl)cc2)CCC1. The van der Waals surface area contributed by atoms with Gasteiger partial charge in [-0.3, -0.25) is 4.79 Å². The molecular formula is C17H18ClNO3. The average Bonchev–Trinajstić information content (AvgIpc) is 3.00. The largest absolute Gasteiger partial charge is 0.467 e. The van der Waals surface area contributed by atoms with Crippen LogP contribution in [-0.4, -0.2) is 17.6 Å². The number of amides is 1. The van der Waals surface area contributed by atoms with Gasteiger partial charge in [0.1, 0.15) is 11.9 Å². The van der Waals surface area contributed by atoms with Gasteiger partial charge >= 0.3 is 0 Å². The number of aliphatic hydroxyl groups excluding tert-OH is 1. The number of carbonyl (C=O) groups is 1. The van der Waals surface area contributed by atoms with E-state index < -0.39 is 11.5 Å². The zero-order valence-electron chi connectivity index (χ0n) is 12.1. The van der Waals surface area contributed by atoms with Crippen LogP contribution in [0.2, 0.25) is 5.02 Å². The van der Waals surface area contributed by atoms with Gasteiger partial charge in [0.2, 0.25) is 5.91 Å². The first kappa shape index (κ1) is 15.1. The molecule has 5 heteroatoms. The molecule has 0 bridgehead atoms. The Kier molecular flexibility index (Phi) is 4.23. The van der Waals surface area contributed by atoms with Crippen LogP contribution in [0.25, 0.3) is 0 Å². The van der Waals surface area contributed by atoms with Gasteiger partial charge in [0.15, 0.2) is 0 Å². The van der Waals surface area contributed by atoms with Crippen LogP contribution in [0, 0.1) is 0 Å². The van der Waals surface area contributed by atoms with E-state index in [1.807, 2.05) is 24.3 Å². The maximum Gasteiger partial charge on any atom is 0.230 e. The van der Waals surface area contributed by atoms with Gasteiger partial charge in [-0.05, 0) is 42.7 Å². The van der Waals surface area contributed by atoms with Gasteiger partial charge in [-0.1, -0.05) is 30.2 Å². The highest BCUT2D eigenvalue weighted by Crippen LogP contribution is 2.44. The highest BCUT2D eigenvalue weighted by atomic mass is 35.5. The monoisotopic (exact) mass is 319 g/mol. The van der Waals surface area contributed by atoms with E-state index in [2.05, 4.69) is 5.32 Å². The average molecular weight is 320 g/mol. The summed E-state index contributed by atoms with van der Waals surface area (Å²) in [5, 5.41) is 13.5. The number of rotatable bonds is 5. The molecule has 0 spiro atoms. The first-order valence-corrected chi connectivity index (χ1v) is 7.75. The Bertz CT molecular complexity index is 632. The Morgan fingerprint density at radius 2 is 2.05 bits per heavy atom. The van der Waals surface area contributed by atoms with E-state index in [1.54, 1.807) is 12.1 Å². The summed E-state index contributed by atoms with van der Waals surface area (Å²) >= 11 is 5.92. The fraction of sp³-hybridized carbons (Fsp3) is 0.353. The second-order valence-electron chi connectivity index (χ2n) is 5.68. The zero-order chi connectivity index (χ0) is 15.6. The number of aliphatic hydroxyl groups is 1.